The number of carboxylic acids is 1. The van der Waals surface area contributed by atoms with Crippen LogP contribution >= 0.6 is 0 Å². The second-order valence-corrected chi connectivity index (χ2v) is 3.05. The molecular weight excluding hydrogens is 148 g/mol. The SMILES string of the molecule is O=C(O)C1CC2(C1)OCCO2. The van der Waals surface area contributed by atoms with Crippen molar-refractivity contribution in [3.05, 3.63) is 0 Å². The van der Waals surface area contributed by atoms with Crippen LogP contribution in [0.15, 0.2) is 0 Å². The molecule has 1 saturated heterocycles. The van der Waals surface area contributed by atoms with Crippen LogP contribution in [0.2, 0.25) is 0 Å². The van der Waals surface area contributed by atoms with Crippen molar-refractivity contribution in [1.29, 1.82) is 0 Å². The molecule has 1 aliphatic heterocycles. The van der Waals surface area contributed by atoms with Crippen LogP contribution in [0.4, 0.5) is 0 Å². The van der Waals surface area contributed by atoms with E-state index in [1.165, 1.54) is 0 Å². The number of hydrogen-bond donors (Lipinski definition) is 1. The predicted octanol–water partition coefficient (Wildman–Crippen LogP) is 0.224. The van der Waals surface area contributed by atoms with Gasteiger partial charge >= 0.3 is 5.97 Å². The smallest absolute Gasteiger partial charge is 0.306 e. The molecule has 1 spiro atoms. The van der Waals surface area contributed by atoms with Crippen LogP contribution in [0.5, 0.6) is 0 Å². The Kier molecular flexibility index (Phi) is 1.40. The summed E-state index contributed by atoms with van der Waals surface area (Å²) >= 11 is 0. The van der Waals surface area contributed by atoms with Gasteiger partial charge in [-0.1, -0.05) is 0 Å². The van der Waals surface area contributed by atoms with E-state index < -0.39 is 11.8 Å². The van der Waals surface area contributed by atoms with Gasteiger partial charge in [0, 0.05) is 12.8 Å². The lowest BCUT2D eigenvalue weighted by atomic mass is 9.79. The van der Waals surface area contributed by atoms with Crippen molar-refractivity contribution in [3.63, 3.8) is 0 Å². The minimum absolute atomic E-state index is 0.256. The van der Waals surface area contributed by atoms with Crippen LogP contribution < -0.4 is 0 Å². The summed E-state index contributed by atoms with van der Waals surface area (Å²) in [5.41, 5.74) is 0. The van der Waals surface area contributed by atoms with Crippen LogP contribution in [0, 0.1) is 5.92 Å². The normalized spacial score (nSPS) is 28.7. The molecular formula is C7H10O4. The molecule has 0 radical (unpaired) electrons. The van der Waals surface area contributed by atoms with E-state index in [2.05, 4.69) is 0 Å². The second kappa shape index (κ2) is 2.19. The summed E-state index contributed by atoms with van der Waals surface area (Å²) in [4.78, 5) is 10.4. The van der Waals surface area contributed by atoms with Gasteiger partial charge in [0.25, 0.3) is 0 Å². The maximum Gasteiger partial charge on any atom is 0.306 e. The first kappa shape index (κ1) is 7.06. The lowest BCUT2D eigenvalue weighted by Crippen LogP contribution is -2.47. The Morgan fingerprint density at radius 1 is 1.36 bits per heavy atom. The molecule has 4 nitrogen and oxygen atoms in total. The average molecular weight is 158 g/mol. The highest BCUT2D eigenvalue weighted by Crippen LogP contribution is 2.44. The van der Waals surface area contributed by atoms with E-state index in [1.807, 2.05) is 0 Å². The monoisotopic (exact) mass is 158 g/mol. The van der Waals surface area contributed by atoms with Gasteiger partial charge in [-0.15, -0.1) is 0 Å². The predicted molar refractivity (Wildman–Crippen MR) is 35.0 cm³/mol. The first-order valence-electron chi connectivity index (χ1n) is 3.73. The Morgan fingerprint density at radius 2 is 1.91 bits per heavy atom. The summed E-state index contributed by atoms with van der Waals surface area (Å²) in [7, 11) is 0. The average Bonchev–Trinajstić information content (AvgIpc) is 2.29. The van der Waals surface area contributed by atoms with Crippen LogP contribution in [0.3, 0.4) is 0 Å². The molecule has 0 unspecified atom stereocenters. The quantitative estimate of drug-likeness (QED) is 0.593. The summed E-state index contributed by atoms with van der Waals surface area (Å²) in [6.07, 6.45) is 1.03. The third kappa shape index (κ3) is 1.02. The van der Waals surface area contributed by atoms with Gasteiger partial charge in [-0.2, -0.15) is 0 Å². The standard InChI is InChI=1S/C7H10O4/c8-6(9)5-3-7(4-5)10-1-2-11-7/h5H,1-4H2,(H,8,9). The minimum Gasteiger partial charge on any atom is -0.481 e. The van der Waals surface area contributed by atoms with E-state index in [4.69, 9.17) is 14.6 Å². The lowest BCUT2D eigenvalue weighted by Gasteiger charge is -2.40. The lowest BCUT2D eigenvalue weighted by molar-refractivity contribution is -0.233. The molecule has 4 heteroatoms. The maximum atomic E-state index is 10.4. The Balaban J connectivity index is 1.91. The molecule has 0 amide bonds. The van der Waals surface area contributed by atoms with Gasteiger partial charge in [0.2, 0.25) is 0 Å². The van der Waals surface area contributed by atoms with Crippen molar-refractivity contribution < 1.29 is 19.4 Å². The Hall–Kier alpha value is -0.610. The van der Waals surface area contributed by atoms with E-state index in [1.54, 1.807) is 0 Å². The van der Waals surface area contributed by atoms with Gasteiger partial charge in [0.05, 0.1) is 19.1 Å². The summed E-state index contributed by atoms with van der Waals surface area (Å²) in [5, 5.41) is 8.57. The van der Waals surface area contributed by atoms with Crippen molar-refractivity contribution in [2.45, 2.75) is 18.6 Å². The molecule has 62 valence electrons. The Labute approximate surface area is 64.1 Å². The highest BCUT2D eigenvalue weighted by Gasteiger charge is 2.51. The van der Waals surface area contributed by atoms with Crippen LogP contribution in [0.1, 0.15) is 12.8 Å². The summed E-state index contributed by atoms with van der Waals surface area (Å²) in [6.45, 7) is 1.21. The second-order valence-electron chi connectivity index (χ2n) is 3.05. The van der Waals surface area contributed by atoms with Gasteiger partial charge < -0.3 is 14.6 Å². The topological polar surface area (TPSA) is 55.8 Å². The fraction of sp³-hybridized carbons (Fsp3) is 0.857. The van der Waals surface area contributed by atoms with Crippen molar-refractivity contribution in [1.82, 2.24) is 0 Å². The van der Waals surface area contributed by atoms with E-state index in [-0.39, 0.29) is 5.92 Å². The number of rotatable bonds is 1. The van der Waals surface area contributed by atoms with Crippen molar-refractivity contribution in [3.8, 4) is 0 Å². The molecule has 1 N–H and O–H groups in total. The maximum absolute atomic E-state index is 10.4. The Bertz CT molecular complexity index is 175. The summed E-state index contributed by atoms with van der Waals surface area (Å²) < 4.78 is 10.5. The highest BCUT2D eigenvalue weighted by atomic mass is 16.7. The molecule has 0 aromatic rings. The fourth-order valence-electron chi connectivity index (χ4n) is 1.60. The first-order valence-corrected chi connectivity index (χ1v) is 3.73. The highest BCUT2D eigenvalue weighted by molar-refractivity contribution is 5.71. The number of ether oxygens (including phenoxy) is 2. The van der Waals surface area contributed by atoms with Crippen molar-refractivity contribution in [2.75, 3.05) is 13.2 Å². The molecule has 1 aliphatic carbocycles. The first-order chi connectivity index (χ1) is 5.22. The molecule has 0 aromatic heterocycles. The van der Waals surface area contributed by atoms with E-state index >= 15 is 0 Å². The van der Waals surface area contributed by atoms with Gasteiger partial charge in [-0.25, -0.2) is 0 Å². The molecule has 0 aromatic carbocycles. The van der Waals surface area contributed by atoms with E-state index in [9.17, 15) is 4.79 Å². The van der Waals surface area contributed by atoms with Crippen LogP contribution in [0.25, 0.3) is 0 Å². The number of carboxylic acid groups (broad SMARTS) is 1. The molecule has 0 atom stereocenters. The van der Waals surface area contributed by atoms with Gasteiger partial charge in [-0.05, 0) is 0 Å². The van der Waals surface area contributed by atoms with E-state index in [0.29, 0.717) is 26.1 Å². The third-order valence-electron chi connectivity index (χ3n) is 2.28. The van der Waals surface area contributed by atoms with Gasteiger partial charge in [0.15, 0.2) is 5.79 Å². The molecule has 11 heavy (non-hydrogen) atoms. The summed E-state index contributed by atoms with van der Waals surface area (Å²) in [6, 6.07) is 0. The zero-order chi connectivity index (χ0) is 7.90. The van der Waals surface area contributed by atoms with Gasteiger partial charge in [-0.3, -0.25) is 4.79 Å². The van der Waals surface area contributed by atoms with Crippen molar-refractivity contribution in [2.24, 2.45) is 5.92 Å². The van der Waals surface area contributed by atoms with Gasteiger partial charge in [0.1, 0.15) is 0 Å². The molecule has 2 fully saturated rings. The zero-order valence-electron chi connectivity index (χ0n) is 6.08. The fourth-order valence-corrected chi connectivity index (χ4v) is 1.60. The molecule has 2 rings (SSSR count). The van der Waals surface area contributed by atoms with Crippen LogP contribution in [-0.4, -0.2) is 30.1 Å². The number of hydrogen-bond acceptors (Lipinski definition) is 3. The van der Waals surface area contributed by atoms with Crippen molar-refractivity contribution >= 4 is 5.97 Å². The largest absolute Gasteiger partial charge is 0.481 e. The molecule has 0 bridgehead atoms. The number of aliphatic carboxylic acids is 1. The molecule has 1 saturated carbocycles. The minimum atomic E-state index is -0.741. The van der Waals surface area contributed by atoms with Crippen LogP contribution in [-0.2, 0) is 14.3 Å². The molecule has 2 aliphatic rings. The summed E-state index contributed by atoms with van der Waals surface area (Å²) in [5.74, 6) is -1.51. The van der Waals surface area contributed by atoms with E-state index in [0.717, 1.165) is 0 Å². The number of carbonyl (C=O) groups is 1. The zero-order valence-corrected chi connectivity index (χ0v) is 6.08. The Morgan fingerprint density at radius 3 is 2.36 bits per heavy atom. The third-order valence-corrected chi connectivity index (χ3v) is 2.28. The molecule has 1 heterocycles.